The topological polar surface area (TPSA) is 41.5 Å². The molecule has 0 aromatic heterocycles. The number of hydrogen-bond donors (Lipinski definition) is 2. The molecule has 2 aromatic rings. The van der Waals surface area contributed by atoms with Crippen molar-refractivity contribution in [2.24, 2.45) is 0 Å². The molecule has 0 radical (unpaired) electrons. The summed E-state index contributed by atoms with van der Waals surface area (Å²) in [4.78, 5) is 0. The van der Waals surface area contributed by atoms with E-state index in [4.69, 9.17) is 16.3 Å². The van der Waals surface area contributed by atoms with Crippen LogP contribution in [0.15, 0.2) is 48.5 Å². The van der Waals surface area contributed by atoms with E-state index in [9.17, 15) is 9.50 Å². The number of nitrogens with one attached hydrogen (secondary N) is 1. The highest BCUT2D eigenvalue weighted by Gasteiger charge is 2.06. The molecule has 2 N–H and O–H groups in total. The third kappa shape index (κ3) is 6.20. The molecular weight excluding hydrogens is 328 g/mol. The van der Waals surface area contributed by atoms with Gasteiger partial charge in [-0.25, -0.2) is 4.39 Å². The molecule has 0 heterocycles. The van der Waals surface area contributed by atoms with Crippen LogP contribution >= 0.6 is 24.0 Å². The molecule has 2 aromatic carbocycles. The summed E-state index contributed by atoms with van der Waals surface area (Å²) in [6.07, 6.45) is -0.655. The number of ether oxygens (including phenoxy) is 1. The van der Waals surface area contributed by atoms with E-state index in [0.717, 1.165) is 5.56 Å². The summed E-state index contributed by atoms with van der Waals surface area (Å²) in [7, 11) is 0. The van der Waals surface area contributed by atoms with Gasteiger partial charge in [0.15, 0.2) is 0 Å². The second-order valence-corrected chi connectivity index (χ2v) is 5.05. The van der Waals surface area contributed by atoms with Gasteiger partial charge in [-0.05, 0) is 35.9 Å². The lowest BCUT2D eigenvalue weighted by Gasteiger charge is -2.13. The van der Waals surface area contributed by atoms with Crippen LogP contribution in [0.5, 0.6) is 5.75 Å². The van der Waals surface area contributed by atoms with Gasteiger partial charge in [-0.3, -0.25) is 0 Å². The molecule has 120 valence electrons. The minimum Gasteiger partial charge on any atom is -0.491 e. The Labute approximate surface area is 140 Å². The van der Waals surface area contributed by atoms with E-state index in [1.165, 1.54) is 24.3 Å². The minimum absolute atomic E-state index is 0. The van der Waals surface area contributed by atoms with Crippen LogP contribution < -0.4 is 10.1 Å². The fraction of sp³-hybridized carbons (Fsp3) is 0.250. The van der Waals surface area contributed by atoms with Crippen molar-refractivity contribution in [3.05, 3.63) is 64.9 Å². The summed E-state index contributed by atoms with van der Waals surface area (Å²) in [6, 6.07) is 13.2. The van der Waals surface area contributed by atoms with Crippen molar-refractivity contribution in [1.29, 1.82) is 0 Å². The fourth-order valence-corrected chi connectivity index (χ4v) is 2.00. The zero-order chi connectivity index (χ0) is 15.1. The summed E-state index contributed by atoms with van der Waals surface area (Å²) in [5.74, 6) is 0.214. The molecule has 0 amide bonds. The monoisotopic (exact) mass is 345 g/mol. The number of benzene rings is 2. The Morgan fingerprint density at radius 2 is 1.82 bits per heavy atom. The Morgan fingerprint density at radius 1 is 1.14 bits per heavy atom. The number of rotatable bonds is 7. The van der Waals surface area contributed by atoms with Crippen molar-refractivity contribution < 1.29 is 14.2 Å². The third-order valence-corrected chi connectivity index (χ3v) is 3.28. The van der Waals surface area contributed by atoms with E-state index in [0.29, 0.717) is 23.9 Å². The van der Waals surface area contributed by atoms with Crippen molar-refractivity contribution in [2.75, 3.05) is 13.2 Å². The third-order valence-electron chi connectivity index (χ3n) is 2.91. The van der Waals surface area contributed by atoms with Crippen molar-refractivity contribution in [3.8, 4) is 5.75 Å². The zero-order valence-electron chi connectivity index (χ0n) is 11.8. The lowest BCUT2D eigenvalue weighted by atomic mass is 10.2. The molecule has 6 heteroatoms. The van der Waals surface area contributed by atoms with Gasteiger partial charge in [0.05, 0.1) is 0 Å². The first-order valence-electron chi connectivity index (χ1n) is 6.65. The molecule has 0 aliphatic heterocycles. The van der Waals surface area contributed by atoms with Crippen molar-refractivity contribution in [2.45, 2.75) is 12.6 Å². The van der Waals surface area contributed by atoms with Gasteiger partial charge < -0.3 is 15.2 Å². The quantitative estimate of drug-likeness (QED) is 0.807. The van der Waals surface area contributed by atoms with Crippen LogP contribution in [-0.4, -0.2) is 24.4 Å². The second-order valence-electron chi connectivity index (χ2n) is 4.64. The fourth-order valence-electron chi connectivity index (χ4n) is 1.80. The van der Waals surface area contributed by atoms with Crippen LogP contribution in [0.4, 0.5) is 4.39 Å². The van der Waals surface area contributed by atoms with Crippen molar-refractivity contribution in [1.82, 2.24) is 5.32 Å². The van der Waals surface area contributed by atoms with E-state index in [2.05, 4.69) is 5.32 Å². The minimum atomic E-state index is -0.655. The highest BCUT2D eigenvalue weighted by molar-refractivity contribution is 6.31. The maximum atomic E-state index is 12.7. The lowest BCUT2D eigenvalue weighted by Crippen LogP contribution is -2.31. The summed E-state index contributed by atoms with van der Waals surface area (Å²) in [5, 5.41) is 13.6. The predicted octanol–water partition coefficient (Wildman–Crippen LogP) is 3.43. The average molecular weight is 346 g/mol. The van der Waals surface area contributed by atoms with Crippen LogP contribution in [0.3, 0.4) is 0 Å². The standard InChI is InChI=1S/C16H17ClFNO2.ClH/c17-16-4-2-1-3-12(16)9-19-10-14(20)11-21-15-7-5-13(18)6-8-15;/h1-8,14,19-20H,9-11H2;1H. The van der Waals surface area contributed by atoms with Crippen LogP contribution in [-0.2, 0) is 6.54 Å². The van der Waals surface area contributed by atoms with Gasteiger partial charge in [0, 0.05) is 18.1 Å². The molecular formula is C16H18Cl2FNO2. The number of hydrogen-bond acceptors (Lipinski definition) is 3. The Hall–Kier alpha value is -1.33. The molecule has 0 fully saturated rings. The molecule has 0 saturated heterocycles. The highest BCUT2D eigenvalue weighted by atomic mass is 35.5. The molecule has 1 unspecified atom stereocenters. The summed E-state index contributed by atoms with van der Waals surface area (Å²) in [6.45, 7) is 1.10. The summed E-state index contributed by atoms with van der Waals surface area (Å²) < 4.78 is 18.1. The second kappa shape index (κ2) is 9.64. The molecule has 0 aliphatic rings. The molecule has 1 atom stereocenters. The first-order chi connectivity index (χ1) is 10.1. The van der Waals surface area contributed by atoms with Gasteiger partial charge in [-0.1, -0.05) is 29.8 Å². The normalized spacial score (nSPS) is 11.6. The first kappa shape index (κ1) is 18.7. The van der Waals surface area contributed by atoms with Crippen LogP contribution in [0.25, 0.3) is 0 Å². The molecule has 2 rings (SSSR count). The van der Waals surface area contributed by atoms with Crippen LogP contribution in [0.2, 0.25) is 5.02 Å². The van der Waals surface area contributed by atoms with E-state index in [1.807, 2.05) is 24.3 Å². The highest BCUT2D eigenvalue weighted by Crippen LogP contribution is 2.14. The SMILES string of the molecule is Cl.OC(CNCc1ccccc1Cl)COc1ccc(F)cc1. The zero-order valence-corrected chi connectivity index (χ0v) is 13.4. The number of halogens is 3. The largest absolute Gasteiger partial charge is 0.491 e. The van der Waals surface area contributed by atoms with Crippen molar-refractivity contribution >= 4 is 24.0 Å². The average Bonchev–Trinajstić information content (AvgIpc) is 2.49. The van der Waals surface area contributed by atoms with E-state index >= 15 is 0 Å². The molecule has 22 heavy (non-hydrogen) atoms. The van der Waals surface area contributed by atoms with E-state index in [1.54, 1.807) is 0 Å². The Bertz CT molecular complexity index is 566. The first-order valence-corrected chi connectivity index (χ1v) is 7.03. The smallest absolute Gasteiger partial charge is 0.123 e. The van der Waals surface area contributed by atoms with E-state index < -0.39 is 6.10 Å². The van der Waals surface area contributed by atoms with E-state index in [-0.39, 0.29) is 24.8 Å². The number of aliphatic hydroxyl groups excluding tert-OH is 1. The molecule has 0 aliphatic carbocycles. The Morgan fingerprint density at radius 3 is 2.50 bits per heavy atom. The van der Waals surface area contributed by atoms with Gasteiger partial charge in [0.2, 0.25) is 0 Å². The molecule has 0 spiro atoms. The summed E-state index contributed by atoms with van der Waals surface area (Å²) in [5.41, 5.74) is 0.978. The van der Waals surface area contributed by atoms with Gasteiger partial charge in [-0.15, -0.1) is 12.4 Å². The maximum absolute atomic E-state index is 12.7. The van der Waals surface area contributed by atoms with Crippen LogP contribution in [0, 0.1) is 5.82 Å². The van der Waals surface area contributed by atoms with Crippen LogP contribution in [0.1, 0.15) is 5.56 Å². The van der Waals surface area contributed by atoms with Gasteiger partial charge in [0.25, 0.3) is 0 Å². The molecule has 0 bridgehead atoms. The van der Waals surface area contributed by atoms with Gasteiger partial charge in [-0.2, -0.15) is 0 Å². The number of aliphatic hydroxyl groups is 1. The van der Waals surface area contributed by atoms with Gasteiger partial charge >= 0.3 is 0 Å². The van der Waals surface area contributed by atoms with Gasteiger partial charge in [0.1, 0.15) is 24.3 Å². The molecule has 0 saturated carbocycles. The predicted molar refractivity (Wildman–Crippen MR) is 88.3 cm³/mol. The molecule has 3 nitrogen and oxygen atoms in total. The Balaban J connectivity index is 0.00000242. The Kier molecular flexibility index (Phi) is 8.20. The lowest BCUT2D eigenvalue weighted by molar-refractivity contribution is 0.106. The summed E-state index contributed by atoms with van der Waals surface area (Å²) >= 11 is 6.04. The maximum Gasteiger partial charge on any atom is 0.123 e. The van der Waals surface area contributed by atoms with Crippen molar-refractivity contribution in [3.63, 3.8) is 0 Å².